The van der Waals surface area contributed by atoms with Crippen molar-refractivity contribution in [1.29, 1.82) is 0 Å². The van der Waals surface area contributed by atoms with Gasteiger partial charge in [-0.1, -0.05) is 0 Å². The van der Waals surface area contributed by atoms with Gasteiger partial charge in [0.05, 0.1) is 27.2 Å². The van der Waals surface area contributed by atoms with E-state index >= 15 is 0 Å². The standard InChI is InChI=1S/C18H11BrF6N8/c1-8(15-30-7-31-33(15)16-26-4-10(19)5-27-16)32-14-11-2-9(17(20,21)22)3-12(18(23,24)25)13(11)28-6-29-14/h2-8H,1H3,(H,28,29,32). The Morgan fingerprint density at radius 3 is 2.24 bits per heavy atom. The molecule has 4 rings (SSSR count). The molecule has 1 unspecified atom stereocenters. The lowest BCUT2D eigenvalue weighted by atomic mass is 10.0. The van der Waals surface area contributed by atoms with Gasteiger partial charge in [-0.25, -0.2) is 24.9 Å². The number of benzene rings is 1. The number of hydrogen-bond acceptors (Lipinski definition) is 7. The first-order chi connectivity index (χ1) is 15.4. The predicted octanol–water partition coefficient (Wildman–Crippen LogP) is 4.97. The number of nitrogens with one attached hydrogen (secondary N) is 1. The molecule has 3 heterocycles. The number of anilines is 1. The molecule has 0 radical (unpaired) electrons. The van der Waals surface area contributed by atoms with Crippen LogP contribution in [0.1, 0.15) is 29.9 Å². The van der Waals surface area contributed by atoms with Crippen molar-refractivity contribution in [2.75, 3.05) is 5.32 Å². The molecule has 0 aliphatic carbocycles. The second-order valence-electron chi connectivity index (χ2n) is 6.74. The molecule has 0 aliphatic rings. The van der Waals surface area contributed by atoms with Gasteiger partial charge in [0.2, 0.25) is 0 Å². The monoisotopic (exact) mass is 532 g/mol. The van der Waals surface area contributed by atoms with E-state index in [9.17, 15) is 26.3 Å². The first-order valence-electron chi connectivity index (χ1n) is 9.02. The van der Waals surface area contributed by atoms with Crippen molar-refractivity contribution in [2.24, 2.45) is 0 Å². The molecule has 1 N–H and O–H groups in total. The minimum atomic E-state index is -5.06. The lowest BCUT2D eigenvalue weighted by Gasteiger charge is -2.18. The Labute approximate surface area is 189 Å². The summed E-state index contributed by atoms with van der Waals surface area (Å²) in [7, 11) is 0. The van der Waals surface area contributed by atoms with Crippen molar-refractivity contribution in [2.45, 2.75) is 25.3 Å². The molecule has 0 saturated carbocycles. The highest BCUT2D eigenvalue weighted by Gasteiger charge is 2.39. The number of aromatic nitrogens is 7. The Morgan fingerprint density at radius 2 is 1.61 bits per heavy atom. The van der Waals surface area contributed by atoms with Gasteiger partial charge in [0.25, 0.3) is 5.95 Å². The first-order valence-corrected chi connectivity index (χ1v) is 9.82. The summed E-state index contributed by atoms with van der Waals surface area (Å²) in [4.78, 5) is 19.7. The molecule has 0 saturated heterocycles. The lowest BCUT2D eigenvalue weighted by Crippen LogP contribution is -2.17. The molecule has 1 aromatic carbocycles. The van der Waals surface area contributed by atoms with Gasteiger partial charge in [-0.05, 0) is 35.0 Å². The Morgan fingerprint density at radius 1 is 0.909 bits per heavy atom. The largest absolute Gasteiger partial charge is 0.418 e. The number of alkyl halides is 6. The molecule has 172 valence electrons. The fourth-order valence-electron chi connectivity index (χ4n) is 3.05. The van der Waals surface area contributed by atoms with E-state index in [2.05, 4.69) is 51.3 Å². The average Bonchev–Trinajstić information content (AvgIpc) is 3.22. The van der Waals surface area contributed by atoms with Crippen LogP contribution in [0.15, 0.2) is 41.7 Å². The summed E-state index contributed by atoms with van der Waals surface area (Å²) in [6, 6.07) is -0.159. The molecule has 0 bridgehead atoms. The minimum Gasteiger partial charge on any atom is -0.360 e. The van der Waals surface area contributed by atoms with Crippen molar-refractivity contribution in [3.05, 3.63) is 58.6 Å². The van der Waals surface area contributed by atoms with Crippen LogP contribution in [0.3, 0.4) is 0 Å². The summed E-state index contributed by atoms with van der Waals surface area (Å²) in [5.41, 5.74) is -3.66. The zero-order chi connectivity index (χ0) is 24.0. The Hall–Kier alpha value is -3.36. The topological polar surface area (TPSA) is 94.3 Å². The quantitative estimate of drug-likeness (QED) is 0.370. The fourth-order valence-corrected chi connectivity index (χ4v) is 3.25. The Bertz CT molecular complexity index is 1300. The number of halogens is 7. The van der Waals surface area contributed by atoms with Crippen molar-refractivity contribution in [1.82, 2.24) is 34.7 Å². The molecular formula is C18H11BrF6N8. The van der Waals surface area contributed by atoms with Crippen LogP contribution in [-0.4, -0.2) is 34.7 Å². The third kappa shape index (κ3) is 4.58. The van der Waals surface area contributed by atoms with Crippen LogP contribution >= 0.6 is 15.9 Å². The highest BCUT2D eigenvalue weighted by molar-refractivity contribution is 9.10. The molecule has 4 aromatic rings. The predicted molar refractivity (Wildman–Crippen MR) is 106 cm³/mol. The molecule has 0 spiro atoms. The molecule has 15 heteroatoms. The van der Waals surface area contributed by atoms with Crippen LogP contribution in [-0.2, 0) is 12.4 Å². The maximum absolute atomic E-state index is 13.5. The second kappa shape index (κ2) is 8.20. The lowest BCUT2D eigenvalue weighted by molar-refractivity contribution is -0.142. The van der Waals surface area contributed by atoms with Crippen LogP contribution in [0.2, 0.25) is 0 Å². The van der Waals surface area contributed by atoms with Crippen LogP contribution in [0, 0.1) is 0 Å². The summed E-state index contributed by atoms with van der Waals surface area (Å²) in [5, 5.41) is 6.37. The molecule has 0 aliphatic heterocycles. The third-order valence-corrected chi connectivity index (χ3v) is 4.89. The van der Waals surface area contributed by atoms with E-state index in [1.807, 2.05) is 0 Å². The molecule has 8 nitrogen and oxygen atoms in total. The Balaban J connectivity index is 1.79. The molecule has 33 heavy (non-hydrogen) atoms. The third-order valence-electron chi connectivity index (χ3n) is 4.48. The highest BCUT2D eigenvalue weighted by Crippen LogP contribution is 2.40. The van der Waals surface area contributed by atoms with Crippen molar-refractivity contribution < 1.29 is 26.3 Å². The van der Waals surface area contributed by atoms with E-state index in [-0.39, 0.29) is 23.7 Å². The SMILES string of the molecule is CC(Nc1ncnc2c(C(F)(F)F)cc(C(F)(F)F)cc12)c1ncnn1-c1ncc(Br)cn1. The molecular weight excluding hydrogens is 522 g/mol. The van der Waals surface area contributed by atoms with Crippen molar-refractivity contribution >= 4 is 32.7 Å². The number of fused-ring (bicyclic) bond motifs is 1. The van der Waals surface area contributed by atoms with Gasteiger partial charge in [0.15, 0.2) is 5.82 Å². The van der Waals surface area contributed by atoms with E-state index < -0.39 is 40.4 Å². The number of nitrogens with zero attached hydrogens (tertiary/aromatic N) is 7. The van der Waals surface area contributed by atoms with Gasteiger partial charge >= 0.3 is 12.4 Å². The second-order valence-corrected chi connectivity index (χ2v) is 7.65. The van der Waals surface area contributed by atoms with Gasteiger partial charge in [-0.15, -0.1) is 0 Å². The summed E-state index contributed by atoms with van der Waals surface area (Å²) in [6.45, 7) is 1.57. The highest BCUT2D eigenvalue weighted by atomic mass is 79.9. The van der Waals surface area contributed by atoms with Crippen LogP contribution in [0.5, 0.6) is 0 Å². The van der Waals surface area contributed by atoms with Gasteiger partial charge in [0, 0.05) is 17.8 Å². The van der Waals surface area contributed by atoms with Crippen LogP contribution < -0.4 is 5.32 Å². The fraction of sp³-hybridized carbons (Fsp3) is 0.222. The van der Waals surface area contributed by atoms with Gasteiger partial charge in [0.1, 0.15) is 18.5 Å². The maximum Gasteiger partial charge on any atom is 0.418 e. The van der Waals surface area contributed by atoms with E-state index in [1.54, 1.807) is 6.92 Å². The molecule has 1 atom stereocenters. The zero-order valence-electron chi connectivity index (χ0n) is 16.3. The van der Waals surface area contributed by atoms with Crippen molar-refractivity contribution in [3.8, 4) is 5.95 Å². The molecule has 0 amide bonds. The van der Waals surface area contributed by atoms with Crippen LogP contribution in [0.4, 0.5) is 32.2 Å². The summed E-state index contributed by atoms with van der Waals surface area (Å²) in [5.74, 6) is 0.160. The summed E-state index contributed by atoms with van der Waals surface area (Å²) >= 11 is 3.21. The molecule has 0 fully saturated rings. The van der Waals surface area contributed by atoms with Gasteiger partial charge < -0.3 is 5.32 Å². The zero-order valence-corrected chi connectivity index (χ0v) is 17.9. The van der Waals surface area contributed by atoms with Crippen LogP contribution in [0.25, 0.3) is 16.9 Å². The normalized spacial score (nSPS) is 13.3. The van der Waals surface area contributed by atoms with Gasteiger partial charge in [-0.3, -0.25) is 0 Å². The Kier molecular flexibility index (Phi) is 5.67. The van der Waals surface area contributed by atoms with Crippen molar-refractivity contribution in [3.63, 3.8) is 0 Å². The molecule has 3 aromatic heterocycles. The maximum atomic E-state index is 13.5. The van der Waals surface area contributed by atoms with E-state index in [4.69, 9.17) is 0 Å². The first kappa shape index (κ1) is 22.8. The number of rotatable bonds is 4. The smallest absolute Gasteiger partial charge is 0.360 e. The van der Waals surface area contributed by atoms with E-state index in [0.717, 1.165) is 6.33 Å². The minimum absolute atomic E-state index is 0.0318. The number of hydrogen-bond donors (Lipinski definition) is 1. The van der Waals surface area contributed by atoms with E-state index in [1.165, 1.54) is 23.4 Å². The summed E-state index contributed by atoms with van der Waals surface area (Å²) < 4.78 is 82.3. The summed E-state index contributed by atoms with van der Waals surface area (Å²) in [6.07, 6.45) is -5.08. The average molecular weight is 533 g/mol. The van der Waals surface area contributed by atoms with Gasteiger partial charge in [-0.2, -0.15) is 36.1 Å². The van der Waals surface area contributed by atoms with E-state index in [0.29, 0.717) is 10.5 Å².